The molecule has 0 bridgehead atoms. The Morgan fingerprint density at radius 2 is 2.06 bits per heavy atom. The highest BCUT2D eigenvalue weighted by molar-refractivity contribution is 5.04. The van der Waals surface area contributed by atoms with Crippen molar-refractivity contribution >= 4 is 0 Å². The molecule has 0 unspecified atom stereocenters. The van der Waals surface area contributed by atoms with E-state index in [1.165, 1.54) is 12.3 Å². The first-order chi connectivity index (χ1) is 7.87. The smallest absolute Gasteiger partial charge is 0.141 e. The van der Waals surface area contributed by atoms with Crippen molar-refractivity contribution in [2.45, 2.75) is 32.9 Å². The third-order valence-corrected chi connectivity index (χ3v) is 2.37. The van der Waals surface area contributed by atoms with Crippen molar-refractivity contribution < 1.29 is 4.39 Å². The molecule has 0 saturated carbocycles. The van der Waals surface area contributed by atoms with Crippen molar-refractivity contribution in [1.29, 1.82) is 0 Å². The topological polar surface area (TPSA) is 28.2 Å². The Kier molecular flexibility index (Phi) is 5.02. The van der Waals surface area contributed by atoms with Crippen LogP contribution in [0.4, 0.5) is 4.39 Å². The highest BCUT2D eigenvalue weighted by atomic mass is 19.1. The summed E-state index contributed by atoms with van der Waals surface area (Å²) in [6, 6.07) is 3.17. The fourth-order valence-corrected chi connectivity index (χ4v) is 1.48. The van der Waals surface area contributed by atoms with Gasteiger partial charge in [-0.3, -0.25) is 9.88 Å². The van der Waals surface area contributed by atoms with Crippen molar-refractivity contribution in [3.05, 3.63) is 29.8 Å². The van der Waals surface area contributed by atoms with E-state index in [0.29, 0.717) is 0 Å². The Bertz CT molecular complexity index is 330. The van der Waals surface area contributed by atoms with Crippen molar-refractivity contribution in [2.24, 2.45) is 0 Å². The molecule has 1 aromatic heterocycles. The number of aromatic nitrogens is 1. The number of hydrogen-bond donors (Lipinski definition) is 1. The lowest BCUT2D eigenvalue weighted by Crippen LogP contribution is -2.40. The summed E-state index contributed by atoms with van der Waals surface area (Å²) in [6.45, 7) is 9.06. The summed E-state index contributed by atoms with van der Waals surface area (Å²) in [4.78, 5) is 6.20. The minimum absolute atomic E-state index is 0.148. The van der Waals surface area contributed by atoms with Gasteiger partial charge in [0.05, 0.1) is 11.9 Å². The van der Waals surface area contributed by atoms with Gasteiger partial charge in [0.25, 0.3) is 0 Å². The first-order valence-electron chi connectivity index (χ1n) is 5.91. The molecule has 0 spiro atoms. The molecule has 1 N–H and O–H groups in total. The Morgan fingerprint density at radius 3 is 2.59 bits per heavy atom. The number of likely N-dealkylation sites (N-methyl/N-ethyl adjacent to an activating group) is 1. The van der Waals surface area contributed by atoms with Crippen LogP contribution < -0.4 is 5.32 Å². The number of rotatable bonds is 5. The molecule has 0 aliphatic heterocycles. The zero-order valence-corrected chi connectivity index (χ0v) is 11.1. The van der Waals surface area contributed by atoms with E-state index >= 15 is 0 Å². The summed E-state index contributed by atoms with van der Waals surface area (Å²) in [5, 5.41) is 3.43. The minimum Gasteiger partial charge on any atom is -0.311 e. The van der Waals surface area contributed by atoms with Crippen LogP contribution in [-0.2, 0) is 6.54 Å². The van der Waals surface area contributed by atoms with Crippen LogP contribution in [0.5, 0.6) is 0 Å². The zero-order valence-electron chi connectivity index (χ0n) is 11.1. The number of nitrogens with zero attached hydrogens (tertiary/aromatic N) is 2. The van der Waals surface area contributed by atoms with E-state index in [4.69, 9.17) is 0 Å². The maximum absolute atomic E-state index is 12.7. The van der Waals surface area contributed by atoms with Gasteiger partial charge in [-0.15, -0.1) is 0 Å². The highest BCUT2D eigenvalue weighted by Gasteiger charge is 2.08. The molecule has 0 saturated heterocycles. The Balaban J connectivity index is 2.30. The number of nitrogens with one attached hydrogen (secondary N) is 1. The third-order valence-electron chi connectivity index (χ3n) is 2.37. The molecule has 1 aromatic rings. The largest absolute Gasteiger partial charge is 0.311 e. The standard InChI is InChI=1S/C13H22FN3/c1-13(2,3)16-7-8-17(4)10-12-6-5-11(14)9-15-12/h5-6,9,16H,7-8,10H2,1-4H3. The molecule has 4 heteroatoms. The van der Waals surface area contributed by atoms with Crippen LogP contribution >= 0.6 is 0 Å². The van der Waals surface area contributed by atoms with Gasteiger partial charge in [-0.25, -0.2) is 4.39 Å². The SMILES string of the molecule is CN(CCNC(C)(C)C)Cc1ccc(F)cn1. The summed E-state index contributed by atoms with van der Waals surface area (Å²) in [5.74, 6) is -0.286. The lowest BCUT2D eigenvalue weighted by molar-refractivity contribution is 0.300. The summed E-state index contributed by atoms with van der Waals surface area (Å²) >= 11 is 0. The van der Waals surface area contributed by atoms with Crippen molar-refractivity contribution in [3.63, 3.8) is 0 Å². The molecular formula is C13H22FN3. The van der Waals surface area contributed by atoms with E-state index in [-0.39, 0.29) is 11.4 Å². The van der Waals surface area contributed by atoms with Crippen LogP contribution in [-0.4, -0.2) is 35.6 Å². The van der Waals surface area contributed by atoms with E-state index in [1.807, 2.05) is 7.05 Å². The second-order valence-electron chi connectivity index (χ2n) is 5.38. The van der Waals surface area contributed by atoms with Crippen LogP contribution in [0.3, 0.4) is 0 Å². The maximum atomic E-state index is 12.7. The van der Waals surface area contributed by atoms with Crippen LogP contribution in [0.1, 0.15) is 26.5 Å². The molecule has 1 rings (SSSR count). The van der Waals surface area contributed by atoms with Crippen molar-refractivity contribution in [1.82, 2.24) is 15.2 Å². The third kappa shape index (κ3) is 6.34. The van der Waals surface area contributed by atoms with Gasteiger partial charge in [-0.05, 0) is 40.0 Å². The molecule has 0 amide bonds. The normalized spacial score (nSPS) is 12.1. The zero-order chi connectivity index (χ0) is 12.9. The molecule has 1 heterocycles. The number of hydrogen-bond acceptors (Lipinski definition) is 3. The van der Waals surface area contributed by atoms with Gasteiger partial charge in [-0.1, -0.05) is 0 Å². The van der Waals surface area contributed by atoms with Crippen LogP contribution in [0.15, 0.2) is 18.3 Å². The molecule has 0 radical (unpaired) electrons. The highest BCUT2D eigenvalue weighted by Crippen LogP contribution is 2.02. The van der Waals surface area contributed by atoms with Gasteiger partial charge in [0, 0.05) is 25.2 Å². The number of halogens is 1. The summed E-state index contributed by atoms with van der Waals surface area (Å²) in [7, 11) is 2.04. The first-order valence-corrected chi connectivity index (χ1v) is 5.91. The van der Waals surface area contributed by atoms with E-state index in [2.05, 4.69) is 36.0 Å². The maximum Gasteiger partial charge on any atom is 0.141 e. The van der Waals surface area contributed by atoms with Gasteiger partial charge < -0.3 is 5.32 Å². The predicted octanol–water partition coefficient (Wildman–Crippen LogP) is 2.04. The average Bonchev–Trinajstić information content (AvgIpc) is 2.19. The van der Waals surface area contributed by atoms with E-state index in [0.717, 1.165) is 25.3 Å². The predicted molar refractivity (Wildman–Crippen MR) is 68.3 cm³/mol. The Morgan fingerprint density at radius 1 is 1.35 bits per heavy atom. The molecule has 0 aliphatic rings. The van der Waals surface area contributed by atoms with Crippen molar-refractivity contribution in [2.75, 3.05) is 20.1 Å². The lowest BCUT2D eigenvalue weighted by atomic mass is 10.1. The summed E-state index contributed by atoms with van der Waals surface area (Å²) in [6.07, 6.45) is 1.26. The molecule has 0 fully saturated rings. The average molecular weight is 239 g/mol. The molecule has 3 nitrogen and oxygen atoms in total. The van der Waals surface area contributed by atoms with E-state index in [9.17, 15) is 4.39 Å². The second kappa shape index (κ2) is 6.07. The quantitative estimate of drug-likeness (QED) is 0.852. The lowest BCUT2D eigenvalue weighted by Gasteiger charge is -2.23. The molecule has 17 heavy (non-hydrogen) atoms. The van der Waals surface area contributed by atoms with E-state index in [1.54, 1.807) is 6.07 Å². The molecule has 0 aliphatic carbocycles. The summed E-state index contributed by atoms with van der Waals surface area (Å²) < 4.78 is 12.7. The molecular weight excluding hydrogens is 217 g/mol. The van der Waals surface area contributed by atoms with Crippen LogP contribution in [0.25, 0.3) is 0 Å². The van der Waals surface area contributed by atoms with E-state index < -0.39 is 0 Å². The van der Waals surface area contributed by atoms with Crippen LogP contribution in [0.2, 0.25) is 0 Å². The molecule has 0 atom stereocenters. The van der Waals surface area contributed by atoms with Gasteiger partial charge in [-0.2, -0.15) is 0 Å². The van der Waals surface area contributed by atoms with Crippen molar-refractivity contribution in [3.8, 4) is 0 Å². The summed E-state index contributed by atoms with van der Waals surface area (Å²) in [5.41, 5.74) is 1.04. The van der Waals surface area contributed by atoms with Gasteiger partial charge in [0.1, 0.15) is 5.82 Å². The fraction of sp³-hybridized carbons (Fsp3) is 0.615. The Hall–Kier alpha value is -1.00. The fourth-order valence-electron chi connectivity index (χ4n) is 1.48. The van der Waals surface area contributed by atoms with Gasteiger partial charge >= 0.3 is 0 Å². The Labute approximate surface area is 103 Å². The van der Waals surface area contributed by atoms with Crippen LogP contribution in [0, 0.1) is 5.82 Å². The number of pyridine rings is 1. The molecule has 96 valence electrons. The monoisotopic (exact) mass is 239 g/mol. The minimum atomic E-state index is -0.286. The first kappa shape index (κ1) is 14.1. The van der Waals surface area contributed by atoms with Gasteiger partial charge in [0.15, 0.2) is 0 Å². The van der Waals surface area contributed by atoms with Gasteiger partial charge in [0.2, 0.25) is 0 Å². The second-order valence-corrected chi connectivity index (χ2v) is 5.38. The molecule has 0 aromatic carbocycles.